The average Bonchev–Trinajstić information content (AvgIpc) is 3.39. The van der Waals surface area contributed by atoms with Gasteiger partial charge in [0.05, 0.1) is 27.8 Å². The number of nitrogens with one attached hydrogen (secondary N) is 2. The highest BCUT2D eigenvalue weighted by molar-refractivity contribution is 6.31. The SMILES string of the molecule is N#Cc1ccc(OC2CCC(NC(=O)c3ccc(N4C5CC4CN(Cc4ccc6c(c4F)C(=O)N(C4CCC(=O)NC4=O)C6=O)C5)nn3)CC2)cc1Cl. The number of benzene rings is 2. The van der Waals surface area contributed by atoms with E-state index in [-0.39, 0.29) is 71.9 Å². The monoisotopic (exact) mass is 740 g/mol. The maximum absolute atomic E-state index is 15.8. The first kappa shape index (κ1) is 34.6. The van der Waals surface area contributed by atoms with E-state index in [1.165, 1.54) is 12.1 Å². The molecule has 5 aliphatic heterocycles. The molecule has 9 rings (SSSR count). The second-order valence-electron chi connectivity index (χ2n) is 14.1. The van der Waals surface area contributed by atoms with Crippen LogP contribution in [0.15, 0.2) is 42.5 Å². The summed E-state index contributed by atoms with van der Waals surface area (Å²) in [6.07, 6.45) is 3.87. The number of imide groups is 2. The summed E-state index contributed by atoms with van der Waals surface area (Å²) in [7, 11) is 0. The van der Waals surface area contributed by atoms with Crippen LogP contribution in [-0.2, 0) is 16.1 Å². The topological polar surface area (TPSA) is 178 Å². The van der Waals surface area contributed by atoms with Gasteiger partial charge in [-0.3, -0.25) is 39.1 Å². The lowest BCUT2D eigenvalue weighted by atomic mass is 9.87. The maximum atomic E-state index is 15.8. The molecule has 272 valence electrons. The van der Waals surface area contributed by atoms with Crippen LogP contribution in [0.25, 0.3) is 0 Å². The Morgan fingerprint density at radius 1 is 1.00 bits per heavy atom. The predicted molar refractivity (Wildman–Crippen MR) is 185 cm³/mol. The molecule has 6 aliphatic rings. The lowest BCUT2D eigenvalue weighted by Crippen LogP contribution is -2.69. The van der Waals surface area contributed by atoms with Crippen molar-refractivity contribution in [3.05, 3.63) is 81.3 Å². The number of nitrogens with zero attached hydrogens (tertiary/aromatic N) is 6. The fourth-order valence-corrected chi connectivity index (χ4v) is 8.36. The van der Waals surface area contributed by atoms with Crippen molar-refractivity contribution in [3.8, 4) is 11.8 Å². The van der Waals surface area contributed by atoms with Gasteiger partial charge in [0, 0.05) is 55.8 Å². The first-order chi connectivity index (χ1) is 25.6. The summed E-state index contributed by atoms with van der Waals surface area (Å²) in [6.45, 7) is 1.44. The van der Waals surface area contributed by atoms with Gasteiger partial charge < -0.3 is 15.0 Å². The summed E-state index contributed by atoms with van der Waals surface area (Å²) in [6, 6.07) is 12.5. The number of ether oxygens (including phenoxy) is 1. The fourth-order valence-electron chi connectivity index (χ4n) is 8.14. The molecule has 2 aromatic carbocycles. The number of piperidine rings is 2. The van der Waals surface area contributed by atoms with E-state index in [4.69, 9.17) is 21.6 Å². The van der Waals surface area contributed by atoms with Gasteiger partial charge in [-0.15, -0.1) is 10.2 Å². The fraction of sp³-hybridized carbons (Fsp3) is 0.405. The van der Waals surface area contributed by atoms with Gasteiger partial charge in [0.25, 0.3) is 17.7 Å². The van der Waals surface area contributed by atoms with Crippen molar-refractivity contribution in [2.75, 3.05) is 18.0 Å². The highest BCUT2D eigenvalue weighted by Gasteiger charge is 2.48. The van der Waals surface area contributed by atoms with Gasteiger partial charge in [-0.25, -0.2) is 4.39 Å². The first-order valence-electron chi connectivity index (χ1n) is 17.6. The van der Waals surface area contributed by atoms with Crippen LogP contribution in [0.5, 0.6) is 5.75 Å². The Morgan fingerprint density at radius 3 is 2.45 bits per heavy atom. The van der Waals surface area contributed by atoms with Gasteiger partial charge in [-0.1, -0.05) is 17.7 Å². The third kappa shape index (κ3) is 6.46. The highest BCUT2D eigenvalue weighted by atomic mass is 35.5. The summed E-state index contributed by atoms with van der Waals surface area (Å²) in [4.78, 5) is 68.3. The Morgan fingerprint density at radius 2 is 1.77 bits per heavy atom. The van der Waals surface area contributed by atoms with Gasteiger partial charge in [0.2, 0.25) is 11.8 Å². The lowest BCUT2D eigenvalue weighted by Gasteiger charge is -2.56. The number of carbonyl (C=O) groups excluding carboxylic acids is 5. The van der Waals surface area contributed by atoms with Crippen LogP contribution in [-0.4, -0.2) is 92.9 Å². The third-order valence-electron chi connectivity index (χ3n) is 10.8. The summed E-state index contributed by atoms with van der Waals surface area (Å²) in [5.74, 6) is -2.64. The molecule has 3 atom stereocenters. The van der Waals surface area contributed by atoms with Crippen LogP contribution >= 0.6 is 11.6 Å². The molecule has 16 heteroatoms. The zero-order chi connectivity index (χ0) is 37.0. The Balaban J connectivity index is 0.832. The van der Waals surface area contributed by atoms with Crippen molar-refractivity contribution < 1.29 is 33.1 Å². The van der Waals surface area contributed by atoms with Crippen molar-refractivity contribution in [1.29, 1.82) is 5.26 Å². The van der Waals surface area contributed by atoms with E-state index in [0.29, 0.717) is 35.2 Å². The van der Waals surface area contributed by atoms with E-state index in [9.17, 15) is 24.0 Å². The number of hydrogen-bond donors (Lipinski definition) is 2. The maximum Gasteiger partial charge on any atom is 0.272 e. The molecule has 5 amide bonds. The number of halogens is 2. The van der Waals surface area contributed by atoms with Crippen molar-refractivity contribution in [3.63, 3.8) is 0 Å². The standard InChI is InChI=1S/C37H34ClFN8O6/c38-27-14-25(5-1-19(27)15-40)53-24-6-3-21(4-7-24)41-34(49)28-9-11-30(44-43-28)46-22-13-23(46)18-45(17-22)16-20-2-8-26-32(33(20)39)37(52)47(36(26)51)29-10-12-31(48)42-35(29)50/h1-2,5,8-9,11,14,21-24,29H,3-4,6-7,10,12-13,16-18H2,(H,41,49)(H,42,48,50). The Kier molecular flexibility index (Phi) is 9.03. The lowest BCUT2D eigenvalue weighted by molar-refractivity contribution is -0.136. The summed E-state index contributed by atoms with van der Waals surface area (Å²) in [5, 5.41) is 23.2. The minimum absolute atomic E-state index is 0.00442. The molecule has 0 spiro atoms. The molecular weight excluding hydrogens is 707 g/mol. The van der Waals surface area contributed by atoms with E-state index in [1.807, 2.05) is 6.07 Å². The van der Waals surface area contributed by atoms with Crippen LogP contribution < -0.4 is 20.3 Å². The van der Waals surface area contributed by atoms with Crippen LogP contribution in [0, 0.1) is 17.1 Å². The zero-order valence-electron chi connectivity index (χ0n) is 28.4. The molecule has 2 N–H and O–H groups in total. The molecule has 14 nitrogen and oxygen atoms in total. The summed E-state index contributed by atoms with van der Waals surface area (Å²) < 4.78 is 21.9. The molecule has 4 saturated heterocycles. The van der Waals surface area contributed by atoms with Crippen LogP contribution in [0.1, 0.15) is 87.3 Å². The molecule has 0 radical (unpaired) electrons. The molecule has 1 aromatic heterocycles. The number of hydrogen-bond acceptors (Lipinski definition) is 11. The zero-order valence-corrected chi connectivity index (χ0v) is 29.1. The van der Waals surface area contributed by atoms with Crippen LogP contribution in [0.2, 0.25) is 5.02 Å². The molecule has 1 aliphatic carbocycles. The third-order valence-corrected chi connectivity index (χ3v) is 11.1. The van der Waals surface area contributed by atoms with Crippen LogP contribution in [0.3, 0.4) is 0 Å². The Hall–Kier alpha value is -5.46. The molecule has 53 heavy (non-hydrogen) atoms. The second kappa shape index (κ2) is 13.8. The first-order valence-corrected chi connectivity index (χ1v) is 18.0. The van der Waals surface area contributed by atoms with Gasteiger partial charge in [0.1, 0.15) is 23.7 Å². The minimum atomic E-state index is -1.16. The van der Waals surface area contributed by atoms with Gasteiger partial charge >= 0.3 is 0 Å². The molecule has 3 unspecified atom stereocenters. The van der Waals surface area contributed by atoms with Crippen molar-refractivity contribution in [2.45, 2.75) is 81.8 Å². The molecular formula is C37H34ClFN8O6. The quantitative estimate of drug-likeness (QED) is 0.325. The largest absolute Gasteiger partial charge is 0.490 e. The predicted octanol–water partition coefficient (Wildman–Crippen LogP) is 3.13. The number of anilines is 1. The Labute approximate surface area is 308 Å². The summed E-state index contributed by atoms with van der Waals surface area (Å²) in [5.41, 5.74) is 0.464. The van der Waals surface area contributed by atoms with Crippen molar-refractivity contribution >= 4 is 47.0 Å². The number of aromatic nitrogens is 2. The number of fused-ring (bicyclic) bond motifs is 3. The summed E-state index contributed by atoms with van der Waals surface area (Å²) >= 11 is 6.13. The smallest absolute Gasteiger partial charge is 0.272 e. The van der Waals surface area contributed by atoms with Gasteiger partial charge in [0.15, 0.2) is 11.5 Å². The number of carbonyl (C=O) groups is 5. The normalized spacial score (nSPS) is 25.3. The highest BCUT2D eigenvalue weighted by Crippen LogP contribution is 2.37. The minimum Gasteiger partial charge on any atom is -0.490 e. The van der Waals surface area contributed by atoms with Gasteiger partial charge in [-0.05, 0) is 68.9 Å². The molecule has 5 fully saturated rings. The Bertz CT molecular complexity index is 2070. The number of nitriles is 1. The molecule has 6 heterocycles. The van der Waals surface area contributed by atoms with E-state index in [2.05, 4.69) is 30.6 Å². The number of amides is 5. The molecule has 3 aromatic rings. The average molecular weight is 741 g/mol. The van der Waals surface area contributed by atoms with Gasteiger partial charge in [-0.2, -0.15) is 5.26 Å². The van der Waals surface area contributed by atoms with E-state index >= 15 is 4.39 Å². The van der Waals surface area contributed by atoms with E-state index in [0.717, 1.165) is 37.0 Å². The second-order valence-corrected chi connectivity index (χ2v) is 14.6. The van der Waals surface area contributed by atoms with Crippen molar-refractivity contribution in [1.82, 2.24) is 30.6 Å². The van der Waals surface area contributed by atoms with E-state index in [1.54, 1.807) is 30.3 Å². The van der Waals surface area contributed by atoms with Crippen molar-refractivity contribution in [2.24, 2.45) is 0 Å². The number of rotatable bonds is 8. The van der Waals surface area contributed by atoms with E-state index < -0.39 is 35.5 Å². The van der Waals surface area contributed by atoms with Crippen LogP contribution in [0.4, 0.5) is 10.2 Å². The molecule has 2 bridgehead atoms. The number of piperazine rings is 1. The molecule has 1 saturated carbocycles.